The zero-order valence-electron chi connectivity index (χ0n) is 8.73. The van der Waals surface area contributed by atoms with Crippen LogP contribution >= 0.6 is 11.5 Å². The summed E-state index contributed by atoms with van der Waals surface area (Å²) in [4.78, 5) is 12.0. The van der Waals surface area contributed by atoms with Gasteiger partial charge in [0.1, 0.15) is 5.60 Å². The maximum atomic E-state index is 12.0. The molecule has 0 radical (unpaired) electrons. The van der Waals surface area contributed by atoms with Crippen LogP contribution in [0.5, 0.6) is 0 Å². The zero-order chi connectivity index (χ0) is 10.7. The highest BCUT2D eigenvalue weighted by atomic mass is 32.1. The Kier molecular flexibility index (Phi) is 3.11. The molecule has 1 aliphatic rings. The van der Waals surface area contributed by atoms with Crippen LogP contribution in [-0.2, 0) is 16.0 Å². The molecule has 1 unspecified atom stereocenters. The average molecular weight is 226 g/mol. The SMILES string of the molecule is CC1(C(=O)Cc2csnn2)CCCCO1. The fourth-order valence-electron chi connectivity index (χ4n) is 1.77. The van der Waals surface area contributed by atoms with Gasteiger partial charge in [-0.1, -0.05) is 4.49 Å². The fourth-order valence-corrected chi connectivity index (χ4v) is 2.22. The molecule has 1 saturated heterocycles. The fraction of sp³-hybridized carbons (Fsp3) is 0.700. The summed E-state index contributed by atoms with van der Waals surface area (Å²) in [6, 6.07) is 0. The number of rotatable bonds is 3. The van der Waals surface area contributed by atoms with Crippen LogP contribution in [0, 0.1) is 0 Å². The van der Waals surface area contributed by atoms with E-state index >= 15 is 0 Å². The highest BCUT2D eigenvalue weighted by Crippen LogP contribution is 2.26. The second-order valence-corrected chi connectivity index (χ2v) is 4.64. The van der Waals surface area contributed by atoms with Gasteiger partial charge in [0, 0.05) is 12.0 Å². The summed E-state index contributed by atoms with van der Waals surface area (Å²) >= 11 is 1.27. The summed E-state index contributed by atoms with van der Waals surface area (Å²) in [5.41, 5.74) is 0.155. The van der Waals surface area contributed by atoms with Gasteiger partial charge >= 0.3 is 0 Å². The lowest BCUT2D eigenvalue weighted by Crippen LogP contribution is -2.42. The first-order valence-corrected chi connectivity index (χ1v) is 5.97. The van der Waals surface area contributed by atoms with E-state index in [9.17, 15) is 4.79 Å². The molecule has 0 aliphatic carbocycles. The molecule has 0 aromatic carbocycles. The molecule has 0 bridgehead atoms. The largest absolute Gasteiger partial charge is 0.367 e. The summed E-state index contributed by atoms with van der Waals surface area (Å²) in [5, 5.41) is 5.68. The lowest BCUT2D eigenvalue weighted by molar-refractivity contribution is -0.147. The Hall–Kier alpha value is -0.810. The molecule has 0 saturated carbocycles. The van der Waals surface area contributed by atoms with E-state index in [4.69, 9.17) is 4.74 Å². The summed E-state index contributed by atoms with van der Waals surface area (Å²) < 4.78 is 9.32. The maximum absolute atomic E-state index is 12.0. The molecule has 82 valence electrons. The third kappa shape index (κ3) is 2.41. The van der Waals surface area contributed by atoms with Crippen LogP contribution in [0.15, 0.2) is 5.38 Å². The number of hydrogen-bond acceptors (Lipinski definition) is 5. The number of carbonyl (C=O) groups is 1. The Labute approximate surface area is 92.8 Å². The van der Waals surface area contributed by atoms with E-state index < -0.39 is 5.60 Å². The standard InChI is InChI=1S/C10H14N2O2S/c1-10(4-2-3-5-14-10)9(13)6-8-7-15-12-11-8/h7H,2-6H2,1H3. The quantitative estimate of drug-likeness (QED) is 0.785. The molecular formula is C10H14N2O2S. The number of aromatic nitrogens is 2. The monoisotopic (exact) mass is 226 g/mol. The van der Waals surface area contributed by atoms with Crippen molar-refractivity contribution in [1.29, 1.82) is 0 Å². The first-order chi connectivity index (χ1) is 7.21. The van der Waals surface area contributed by atoms with Crippen molar-refractivity contribution < 1.29 is 9.53 Å². The Morgan fingerprint density at radius 3 is 3.13 bits per heavy atom. The topological polar surface area (TPSA) is 52.1 Å². The molecule has 5 heteroatoms. The number of carbonyl (C=O) groups excluding carboxylic acids is 1. The molecule has 1 aromatic heterocycles. The van der Waals surface area contributed by atoms with E-state index in [0.717, 1.165) is 25.0 Å². The number of ether oxygens (including phenoxy) is 1. The molecule has 0 amide bonds. The molecule has 1 aliphatic heterocycles. The predicted molar refractivity (Wildman–Crippen MR) is 56.8 cm³/mol. The van der Waals surface area contributed by atoms with Crippen molar-refractivity contribution in [2.45, 2.75) is 38.2 Å². The van der Waals surface area contributed by atoms with Crippen LogP contribution in [0.25, 0.3) is 0 Å². The van der Waals surface area contributed by atoms with Gasteiger partial charge in [0.15, 0.2) is 5.78 Å². The van der Waals surface area contributed by atoms with E-state index in [1.807, 2.05) is 12.3 Å². The van der Waals surface area contributed by atoms with Crippen molar-refractivity contribution in [3.05, 3.63) is 11.1 Å². The molecule has 15 heavy (non-hydrogen) atoms. The van der Waals surface area contributed by atoms with Crippen LogP contribution in [-0.4, -0.2) is 27.6 Å². The first kappa shape index (κ1) is 10.7. The second kappa shape index (κ2) is 4.37. The van der Waals surface area contributed by atoms with Crippen LogP contribution < -0.4 is 0 Å². The Morgan fingerprint density at radius 1 is 1.67 bits per heavy atom. The average Bonchev–Trinajstić information content (AvgIpc) is 2.71. The van der Waals surface area contributed by atoms with Crippen LogP contribution in [0.2, 0.25) is 0 Å². The lowest BCUT2D eigenvalue weighted by Gasteiger charge is -2.32. The van der Waals surface area contributed by atoms with Crippen LogP contribution in [0.1, 0.15) is 31.9 Å². The molecule has 4 nitrogen and oxygen atoms in total. The number of hydrogen-bond donors (Lipinski definition) is 0. The highest BCUT2D eigenvalue weighted by molar-refractivity contribution is 7.03. The molecular weight excluding hydrogens is 212 g/mol. The second-order valence-electron chi connectivity index (χ2n) is 4.03. The van der Waals surface area contributed by atoms with E-state index in [-0.39, 0.29) is 5.78 Å². The summed E-state index contributed by atoms with van der Waals surface area (Å²) in [6.07, 6.45) is 3.29. The molecule has 1 fully saturated rings. The molecule has 0 N–H and O–H groups in total. The number of ketones is 1. The Balaban J connectivity index is 2.00. The molecule has 1 atom stereocenters. The Morgan fingerprint density at radius 2 is 2.53 bits per heavy atom. The van der Waals surface area contributed by atoms with Gasteiger partial charge in [0.05, 0.1) is 12.1 Å². The molecule has 2 heterocycles. The molecule has 2 rings (SSSR count). The molecule has 0 spiro atoms. The van der Waals surface area contributed by atoms with Crippen molar-refractivity contribution in [3.8, 4) is 0 Å². The van der Waals surface area contributed by atoms with Gasteiger partial charge in [-0.25, -0.2) is 0 Å². The Bertz CT molecular complexity index is 331. The van der Waals surface area contributed by atoms with Crippen LogP contribution in [0.3, 0.4) is 0 Å². The minimum Gasteiger partial charge on any atom is -0.367 e. The summed E-state index contributed by atoms with van der Waals surface area (Å²) in [5.74, 6) is 0.120. The third-order valence-corrected chi connectivity index (χ3v) is 3.36. The van der Waals surface area contributed by atoms with Gasteiger partial charge in [-0.3, -0.25) is 4.79 Å². The van der Waals surface area contributed by atoms with Crippen molar-refractivity contribution in [1.82, 2.24) is 9.59 Å². The van der Waals surface area contributed by atoms with E-state index in [0.29, 0.717) is 13.0 Å². The minimum absolute atomic E-state index is 0.120. The number of Topliss-reactive ketones (excluding diaryl/α,β-unsaturated/α-hetero) is 1. The van der Waals surface area contributed by atoms with Gasteiger partial charge in [0.25, 0.3) is 0 Å². The van der Waals surface area contributed by atoms with E-state index in [2.05, 4.69) is 9.59 Å². The smallest absolute Gasteiger partial charge is 0.170 e. The summed E-state index contributed by atoms with van der Waals surface area (Å²) in [6.45, 7) is 2.58. The van der Waals surface area contributed by atoms with E-state index in [1.54, 1.807) is 0 Å². The number of nitrogens with zero attached hydrogens (tertiary/aromatic N) is 2. The minimum atomic E-state index is -0.595. The van der Waals surface area contributed by atoms with Gasteiger partial charge in [-0.05, 0) is 37.7 Å². The van der Waals surface area contributed by atoms with Crippen molar-refractivity contribution in [3.63, 3.8) is 0 Å². The van der Waals surface area contributed by atoms with Gasteiger partial charge in [-0.2, -0.15) is 0 Å². The van der Waals surface area contributed by atoms with Crippen molar-refractivity contribution in [2.75, 3.05) is 6.61 Å². The summed E-state index contributed by atoms with van der Waals surface area (Å²) in [7, 11) is 0. The maximum Gasteiger partial charge on any atom is 0.170 e. The predicted octanol–water partition coefficient (Wildman–Crippen LogP) is 1.61. The first-order valence-electron chi connectivity index (χ1n) is 5.14. The van der Waals surface area contributed by atoms with Gasteiger partial charge in [-0.15, -0.1) is 5.10 Å². The van der Waals surface area contributed by atoms with Crippen LogP contribution in [0.4, 0.5) is 0 Å². The van der Waals surface area contributed by atoms with Crippen molar-refractivity contribution >= 4 is 17.3 Å². The lowest BCUT2D eigenvalue weighted by atomic mass is 9.89. The normalized spacial score (nSPS) is 26.5. The van der Waals surface area contributed by atoms with Gasteiger partial charge < -0.3 is 4.74 Å². The van der Waals surface area contributed by atoms with Crippen molar-refractivity contribution in [2.24, 2.45) is 0 Å². The highest BCUT2D eigenvalue weighted by Gasteiger charge is 2.35. The zero-order valence-corrected chi connectivity index (χ0v) is 9.55. The third-order valence-electron chi connectivity index (χ3n) is 2.81. The van der Waals surface area contributed by atoms with Gasteiger partial charge in [0.2, 0.25) is 0 Å². The van der Waals surface area contributed by atoms with E-state index in [1.165, 1.54) is 11.5 Å². The molecule has 1 aromatic rings.